The molecule has 1 N–H and O–H groups in total. The Morgan fingerprint density at radius 2 is 1.86 bits per heavy atom. The van der Waals surface area contributed by atoms with Gasteiger partial charge in [-0.05, 0) is 44.7 Å². The highest BCUT2D eigenvalue weighted by Crippen LogP contribution is 2.29. The number of nitrogens with one attached hydrogen (secondary N) is 1. The van der Waals surface area contributed by atoms with Gasteiger partial charge in [-0.15, -0.1) is 0 Å². The molecule has 2 atom stereocenters. The number of nitrogens with zero attached hydrogens (tertiary/aromatic N) is 1. The van der Waals surface area contributed by atoms with Gasteiger partial charge >= 0.3 is 0 Å². The van der Waals surface area contributed by atoms with E-state index >= 15 is 0 Å². The summed E-state index contributed by atoms with van der Waals surface area (Å²) in [5.41, 5.74) is 1.02. The van der Waals surface area contributed by atoms with E-state index in [1.165, 1.54) is 0 Å². The molecule has 4 nitrogen and oxygen atoms in total. The molecule has 0 bridgehead atoms. The Balaban J connectivity index is 2.41. The van der Waals surface area contributed by atoms with Crippen LogP contribution in [0.15, 0.2) is 30.5 Å². The maximum atomic E-state index is 12.3. The van der Waals surface area contributed by atoms with Gasteiger partial charge in [0.1, 0.15) is 0 Å². The topological polar surface area (TPSA) is 51.2 Å². The van der Waals surface area contributed by atoms with Gasteiger partial charge in [0.2, 0.25) is 5.88 Å². The number of ether oxygens (including phenoxy) is 1. The average molecular weight is 306 g/mol. The van der Waals surface area contributed by atoms with Gasteiger partial charge in [0.25, 0.3) is 0 Å². The minimum Gasteiger partial charge on any atom is -0.481 e. The van der Waals surface area contributed by atoms with Gasteiger partial charge in [-0.25, -0.2) is 13.9 Å². The van der Waals surface area contributed by atoms with Gasteiger partial charge in [0, 0.05) is 17.6 Å². The predicted molar refractivity (Wildman–Crippen MR) is 87.7 cm³/mol. The van der Waals surface area contributed by atoms with E-state index < -0.39 is 11.0 Å². The molecule has 2 aromatic rings. The summed E-state index contributed by atoms with van der Waals surface area (Å²) in [5.74, 6) is 0.610. The van der Waals surface area contributed by atoms with E-state index in [0.717, 1.165) is 16.3 Å². The lowest BCUT2D eigenvalue weighted by Crippen LogP contribution is -2.34. The Morgan fingerprint density at radius 3 is 2.43 bits per heavy atom. The number of hydrogen-bond donors (Lipinski definition) is 1. The van der Waals surface area contributed by atoms with Gasteiger partial charge in [-0.2, -0.15) is 0 Å². The summed E-state index contributed by atoms with van der Waals surface area (Å²) in [6, 6.07) is 7.90. The molecule has 1 unspecified atom stereocenters. The maximum absolute atomic E-state index is 12.3. The van der Waals surface area contributed by atoms with E-state index in [0.29, 0.717) is 5.88 Å². The van der Waals surface area contributed by atoms with Crippen molar-refractivity contribution in [1.82, 2.24) is 9.71 Å². The largest absolute Gasteiger partial charge is 0.481 e. The van der Waals surface area contributed by atoms with E-state index in [4.69, 9.17) is 4.74 Å². The number of fused-ring (bicyclic) bond motifs is 1. The molecule has 0 saturated carbocycles. The first kappa shape index (κ1) is 15.9. The summed E-state index contributed by atoms with van der Waals surface area (Å²) >= 11 is 0. The third kappa shape index (κ3) is 3.41. The van der Waals surface area contributed by atoms with Crippen LogP contribution in [0.25, 0.3) is 10.8 Å². The molecule has 21 heavy (non-hydrogen) atoms. The van der Waals surface area contributed by atoms with Gasteiger partial charge in [0.15, 0.2) is 0 Å². The van der Waals surface area contributed by atoms with Crippen LogP contribution in [0.4, 0.5) is 0 Å². The maximum Gasteiger partial charge on any atom is 0.221 e. The van der Waals surface area contributed by atoms with Crippen molar-refractivity contribution >= 4 is 21.8 Å². The van der Waals surface area contributed by atoms with Crippen molar-refractivity contribution in [3.8, 4) is 5.88 Å². The summed E-state index contributed by atoms with van der Waals surface area (Å²) in [7, 11) is 0.489. The third-order valence-corrected chi connectivity index (χ3v) is 4.97. The Bertz CT molecular complexity index is 665. The highest BCUT2D eigenvalue weighted by Gasteiger charge is 2.22. The normalized spacial score (nSPS) is 14.9. The smallest absolute Gasteiger partial charge is 0.221 e. The first-order valence-corrected chi connectivity index (χ1v) is 8.09. The van der Waals surface area contributed by atoms with Crippen molar-refractivity contribution < 1.29 is 8.95 Å². The molecule has 0 aliphatic carbocycles. The van der Waals surface area contributed by atoms with Crippen LogP contribution in [0.2, 0.25) is 0 Å². The number of rotatable bonds is 4. The second-order valence-electron chi connectivity index (χ2n) is 5.99. The van der Waals surface area contributed by atoms with E-state index in [1.54, 1.807) is 13.3 Å². The molecule has 0 aliphatic heterocycles. The standard InChI is InChI=1S/C16H22N2O2S/c1-11(18-21(19)16(2,3)4)14-10-17-15(20-5)13-9-7-6-8-12(13)14/h6-11,18H,1-5H3/t11-,21?/m1/s1. The molecular weight excluding hydrogens is 284 g/mol. The van der Waals surface area contributed by atoms with Gasteiger partial charge in [-0.1, -0.05) is 18.2 Å². The second kappa shape index (κ2) is 6.12. The Morgan fingerprint density at radius 1 is 1.24 bits per heavy atom. The minimum absolute atomic E-state index is 0.0617. The van der Waals surface area contributed by atoms with Crippen LogP contribution >= 0.6 is 0 Å². The van der Waals surface area contributed by atoms with Crippen molar-refractivity contribution in [3.63, 3.8) is 0 Å². The van der Waals surface area contributed by atoms with Crippen LogP contribution < -0.4 is 9.46 Å². The second-order valence-corrected chi connectivity index (χ2v) is 7.99. The van der Waals surface area contributed by atoms with Crippen LogP contribution in [0.1, 0.15) is 39.3 Å². The summed E-state index contributed by atoms with van der Waals surface area (Å²) < 4.78 is 20.4. The Hall–Kier alpha value is -1.46. The van der Waals surface area contributed by atoms with Crippen LogP contribution in [0.5, 0.6) is 5.88 Å². The fraction of sp³-hybridized carbons (Fsp3) is 0.438. The van der Waals surface area contributed by atoms with Crippen LogP contribution in [0.3, 0.4) is 0 Å². The molecule has 5 heteroatoms. The summed E-state index contributed by atoms with van der Waals surface area (Å²) in [6.07, 6.45) is 1.79. The molecule has 0 radical (unpaired) electrons. The number of hydrogen-bond acceptors (Lipinski definition) is 3. The molecule has 2 rings (SSSR count). The van der Waals surface area contributed by atoms with Crippen LogP contribution in [-0.4, -0.2) is 21.0 Å². The first-order valence-electron chi connectivity index (χ1n) is 6.94. The fourth-order valence-electron chi connectivity index (χ4n) is 2.10. The molecule has 1 aromatic carbocycles. The van der Waals surface area contributed by atoms with E-state index in [9.17, 15) is 4.21 Å². The lowest BCUT2D eigenvalue weighted by atomic mass is 10.0. The molecule has 0 aliphatic rings. The fourth-order valence-corrected chi connectivity index (χ4v) is 2.90. The Kier molecular flexibility index (Phi) is 4.64. The summed E-state index contributed by atoms with van der Waals surface area (Å²) in [6.45, 7) is 7.85. The molecule has 0 saturated heterocycles. The summed E-state index contributed by atoms with van der Waals surface area (Å²) in [4.78, 5) is 4.35. The predicted octanol–water partition coefficient (Wildman–Crippen LogP) is 3.36. The van der Waals surface area contributed by atoms with Gasteiger partial charge < -0.3 is 4.74 Å². The van der Waals surface area contributed by atoms with E-state index in [2.05, 4.69) is 9.71 Å². The molecule has 1 heterocycles. The van der Waals surface area contributed by atoms with Crippen molar-refractivity contribution in [1.29, 1.82) is 0 Å². The molecular formula is C16H22N2O2S. The number of benzene rings is 1. The van der Waals surface area contributed by atoms with Crippen molar-refractivity contribution in [2.75, 3.05) is 7.11 Å². The lowest BCUT2D eigenvalue weighted by molar-refractivity contribution is 0.403. The lowest BCUT2D eigenvalue weighted by Gasteiger charge is -2.23. The number of aromatic nitrogens is 1. The zero-order valence-corrected chi connectivity index (χ0v) is 14.0. The average Bonchev–Trinajstić information content (AvgIpc) is 2.44. The highest BCUT2D eigenvalue weighted by atomic mass is 32.2. The van der Waals surface area contributed by atoms with Crippen LogP contribution in [-0.2, 0) is 11.0 Å². The van der Waals surface area contributed by atoms with Gasteiger partial charge in [-0.3, -0.25) is 0 Å². The summed E-state index contributed by atoms with van der Waals surface area (Å²) in [5, 5.41) is 2.03. The molecule has 0 amide bonds. The van der Waals surface area contributed by atoms with E-state index in [1.807, 2.05) is 52.0 Å². The molecule has 0 fully saturated rings. The van der Waals surface area contributed by atoms with Gasteiger partial charge in [0.05, 0.1) is 22.8 Å². The monoisotopic (exact) mass is 306 g/mol. The SMILES string of the molecule is COc1ncc([C@@H](C)NS(=O)C(C)(C)C)c2ccccc12. The van der Waals surface area contributed by atoms with Crippen molar-refractivity contribution in [2.24, 2.45) is 0 Å². The number of pyridine rings is 1. The third-order valence-electron chi connectivity index (χ3n) is 3.29. The Labute approximate surface area is 128 Å². The zero-order chi connectivity index (χ0) is 15.6. The van der Waals surface area contributed by atoms with Crippen LogP contribution in [0, 0.1) is 0 Å². The quantitative estimate of drug-likeness (QED) is 0.942. The first-order chi connectivity index (χ1) is 9.84. The van der Waals surface area contributed by atoms with Crippen molar-refractivity contribution in [2.45, 2.75) is 38.5 Å². The highest BCUT2D eigenvalue weighted by molar-refractivity contribution is 7.84. The molecule has 114 valence electrons. The molecule has 1 aromatic heterocycles. The van der Waals surface area contributed by atoms with E-state index in [-0.39, 0.29) is 10.8 Å². The molecule has 0 spiro atoms. The minimum atomic E-state index is -1.13. The zero-order valence-electron chi connectivity index (χ0n) is 13.1. The van der Waals surface area contributed by atoms with Crippen molar-refractivity contribution in [3.05, 3.63) is 36.0 Å². The number of methoxy groups -OCH3 is 1.